The first-order chi connectivity index (χ1) is 36.5. The second-order valence-electron chi connectivity index (χ2n) is 21.6. The summed E-state index contributed by atoms with van der Waals surface area (Å²) in [5.41, 5.74) is 22.1. The van der Waals surface area contributed by atoms with Gasteiger partial charge in [0.25, 0.3) is 0 Å². The summed E-state index contributed by atoms with van der Waals surface area (Å²) < 4.78 is 24.7. The second kappa shape index (κ2) is 22.0. The Bertz CT molecular complexity index is 3580. The molecular weight excluding hydrogens is 957 g/mol. The normalized spacial score (nSPS) is 13.0. The van der Waals surface area contributed by atoms with E-state index in [4.69, 9.17) is 18.9 Å². The molecule has 4 N–H and O–H groups in total. The fourth-order valence-corrected chi connectivity index (χ4v) is 11.8. The van der Waals surface area contributed by atoms with Gasteiger partial charge in [0.05, 0.1) is 28.4 Å². The maximum Gasteiger partial charge on any atom is 0.126 e. The van der Waals surface area contributed by atoms with Crippen LogP contribution in [0, 0.1) is 83.1 Å². The Morgan fingerprint density at radius 3 is 0.883 bits per heavy atom. The van der Waals surface area contributed by atoms with Crippen molar-refractivity contribution in [2.45, 2.75) is 114 Å². The van der Waals surface area contributed by atoms with Crippen LogP contribution in [0.15, 0.2) is 103 Å². The van der Waals surface area contributed by atoms with Crippen molar-refractivity contribution in [3.8, 4) is 46.0 Å². The van der Waals surface area contributed by atoms with Crippen LogP contribution < -0.4 is 18.9 Å². The monoisotopic (exact) mass is 1030 g/mol. The smallest absolute Gasteiger partial charge is 0.126 e. The zero-order valence-electron chi connectivity index (χ0n) is 48.0. The van der Waals surface area contributed by atoms with Crippen molar-refractivity contribution in [1.82, 2.24) is 0 Å². The molecule has 8 nitrogen and oxygen atoms in total. The van der Waals surface area contributed by atoms with Crippen molar-refractivity contribution in [2.24, 2.45) is 0 Å². The van der Waals surface area contributed by atoms with E-state index in [0.29, 0.717) is 45.3 Å². The first kappa shape index (κ1) is 55.4. The Morgan fingerprint density at radius 1 is 0.260 bits per heavy atom. The van der Waals surface area contributed by atoms with Crippen LogP contribution in [0.25, 0.3) is 0 Å². The molecule has 400 valence electrons. The quantitative estimate of drug-likeness (QED) is 0.0750. The van der Waals surface area contributed by atoms with Gasteiger partial charge in [-0.2, -0.15) is 0 Å². The van der Waals surface area contributed by atoms with E-state index in [0.717, 1.165) is 83.5 Å². The van der Waals surface area contributed by atoms with Gasteiger partial charge in [0, 0.05) is 86.9 Å². The number of benzene rings is 8. The van der Waals surface area contributed by atoms with Crippen molar-refractivity contribution in [1.29, 1.82) is 0 Å². The topological polar surface area (TPSA) is 118 Å². The van der Waals surface area contributed by atoms with Crippen molar-refractivity contribution < 1.29 is 39.4 Å². The van der Waals surface area contributed by atoms with Crippen LogP contribution in [0.2, 0.25) is 0 Å². The molecule has 0 fully saturated rings. The van der Waals surface area contributed by atoms with Crippen LogP contribution in [-0.4, -0.2) is 48.9 Å². The number of ether oxygens (including phenoxy) is 4. The molecule has 8 aromatic carbocycles. The second-order valence-corrected chi connectivity index (χ2v) is 21.6. The lowest BCUT2D eigenvalue weighted by molar-refractivity contribution is 0.395. The largest absolute Gasteiger partial charge is 0.508 e. The predicted molar refractivity (Wildman–Crippen MR) is 312 cm³/mol. The van der Waals surface area contributed by atoms with E-state index in [9.17, 15) is 20.4 Å². The van der Waals surface area contributed by atoms with Gasteiger partial charge in [-0.15, -0.1) is 0 Å². The van der Waals surface area contributed by atoms with Crippen molar-refractivity contribution >= 4 is 0 Å². The highest BCUT2D eigenvalue weighted by Crippen LogP contribution is 2.53. The minimum absolute atomic E-state index is 0.000146. The molecule has 0 heterocycles. The zero-order valence-corrected chi connectivity index (χ0v) is 48.0. The molecule has 8 heteroatoms. The number of methoxy groups -OCH3 is 4. The lowest BCUT2D eigenvalue weighted by atomic mass is 9.75. The van der Waals surface area contributed by atoms with Crippen LogP contribution >= 0.6 is 0 Å². The molecule has 77 heavy (non-hydrogen) atoms. The van der Waals surface area contributed by atoms with Crippen molar-refractivity contribution in [2.75, 3.05) is 28.4 Å². The van der Waals surface area contributed by atoms with Gasteiger partial charge >= 0.3 is 0 Å². The average Bonchev–Trinajstić information content (AvgIpc) is 3.46. The SMILES string of the molecule is COc1cc(O)c(C(c2cc(C)c(C)cc2C)c2cc(C(c3cc(C)c(C)cc3C)c3cc(C(c4cc(C)c(C)cc4C)c4ccc(O)cc4OC)c(O)cc3OC)c(O)cc2OC)cc1C(C)c1cc(C)c(C)cc1C. The molecule has 0 bridgehead atoms. The Morgan fingerprint density at radius 2 is 0.532 bits per heavy atom. The summed E-state index contributed by atoms with van der Waals surface area (Å²) in [6.07, 6.45) is 0. The minimum Gasteiger partial charge on any atom is -0.508 e. The Kier molecular flexibility index (Phi) is 15.8. The summed E-state index contributed by atoms with van der Waals surface area (Å²) in [6, 6.07) is 33.9. The average molecular weight is 1030 g/mol. The molecule has 4 atom stereocenters. The van der Waals surface area contributed by atoms with E-state index in [1.807, 2.05) is 18.2 Å². The van der Waals surface area contributed by atoms with E-state index in [-0.39, 0.29) is 28.9 Å². The predicted octanol–water partition coefficient (Wildman–Crippen LogP) is 15.9. The number of hydrogen-bond donors (Lipinski definition) is 4. The summed E-state index contributed by atoms with van der Waals surface area (Å²) in [6.45, 7) is 27.4. The Hall–Kier alpha value is -7.84. The van der Waals surface area contributed by atoms with Crippen molar-refractivity contribution in [3.63, 3.8) is 0 Å². The minimum atomic E-state index is -0.703. The maximum atomic E-state index is 12.8. The lowest BCUT2D eigenvalue weighted by Gasteiger charge is -2.30. The summed E-state index contributed by atoms with van der Waals surface area (Å²) >= 11 is 0. The molecule has 0 aliphatic rings. The third-order valence-electron chi connectivity index (χ3n) is 16.6. The highest BCUT2D eigenvalue weighted by molar-refractivity contribution is 5.67. The molecule has 0 aromatic heterocycles. The molecular formula is C69H76O8. The molecule has 0 saturated heterocycles. The number of phenolic OH excluding ortho intramolecular Hbond substituents is 4. The van der Waals surface area contributed by atoms with Crippen LogP contribution in [0.5, 0.6) is 46.0 Å². The molecule has 0 aliphatic carbocycles. The Labute approximate surface area is 456 Å². The number of phenols is 4. The molecule has 0 spiro atoms. The maximum absolute atomic E-state index is 12.8. The number of hydrogen-bond acceptors (Lipinski definition) is 8. The fraction of sp³-hybridized carbons (Fsp3) is 0.304. The van der Waals surface area contributed by atoms with E-state index in [1.54, 1.807) is 58.8 Å². The van der Waals surface area contributed by atoms with Gasteiger partial charge in [0.15, 0.2) is 0 Å². The zero-order chi connectivity index (χ0) is 56.1. The van der Waals surface area contributed by atoms with Crippen molar-refractivity contribution in [3.05, 3.63) is 231 Å². The van der Waals surface area contributed by atoms with Crippen LogP contribution in [0.3, 0.4) is 0 Å². The van der Waals surface area contributed by atoms with Crippen LogP contribution in [0.1, 0.15) is 159 Å². The van der Waals surface area contributed by atoms with Crippen LogP contribution in [-0.2, 0) is 0 Å². The highest BCUT2D eigenvalue weighted by atomic mass is 16.5. The van der Waals surface area contributed by atoms with Gasteiger partial charge in [-0.05, 0) is 196 Å². The van der Waals surface area contributed by atoms with Gasteiger partial charge in [-0.3, -0.25) is 0 Å². The molecule has 0 aliphatic heterocycles. The summed E-state index contributed by atoms with van der Waals surface area (Å²) in [7, 11) is 6.43. The molecule has 8 aromatic rings. The number of aryl methyl sites for hydroxylation is 12. The molecule has 4 unspecified atom stereocenters. The Balaban J connectivity index is 1.48. The molecule has 0 saturated carbocycles. The molecule has 0 amide bonds. The van der Waals surface area contributed by atoms with E-state index >= 15 is 0 Å². The first-order valence-corrected chi connectivity index (χ1v) is 26.4. The third kappa shape index (κ3) is 10.4. The van der Waals surface area contributed by atoms with E-state index < -0.39 is 17.8 Å². The van der Waals surface area contributed by atoms with E-state index in [2.05, 4.69) is 145 Å². The first-order valence-electron chi connectivity index (χ1n) is 26.4. The summed E-state index contributed by atoms with van der Waals surface area (Å²) in [5, 5.41) is 48.5. The van der Waals surface area contributed by atoms with E-state index in [1.165, 1.54) is 22.3 Å². The summed E-state index contributed by atoms with van der Waals surface area (Å²) in [4.78, 5) is 0. The summed E-state index contributed by atoms with van der Waals surface area (Å²) in [5.74, 6) is -0.0659. The standard InChI is InChI=1S/C69H76O8/c1-35-20-43(9)50(24-39(35)5)47(13)54-29-55(60(71)32-64(54)75-15)68(52-26-41(7)37(3)22-45(52)11)59-31-57(62(73)34-66(59)77-17)69(53-27-42(8)38(4)23-46(53)12)58-30-56(61(72)33-65(58)76-16)67(49-19-18-48(70)28-63(49)74-14)51-25-40(6)36(2)21-44(51)10/h18-34,47,67-73H,1-17H3. The molecule has 8 rings (SSSR count). The third-order valence-corrected chi connectivity index (χ3v) is 16.6. The fourth-order valence-electron chi connectivity index (χ4n) is 11.8. The lowest BCUT2D eigenvalue weighted by Crippen LogP contribution is -2.14. The molecule has 0 radical (unpaired) electrons. The number of aromatic hydroxyl groups is 4. The van der Waals surface area contributed by atoms with Gasteiger partial charge in [0.2, 0.25) is 0 Å². The van der Waals surface area contributed by atoms with Gasteiger partial charge in [-0.25, -0.2) is 0 Å². The highest BCUT2D eigenvalue weighted by Gasteiger charge is 2.35. The van der Waals surface area contributed by atoms with Gasteiger partial charge in [0.1, 0.15) is 46.0 Å². The van der Waals surface area contributed by atoms with Gasteiger partial charge in [-0.1, -0.05) is 61.5 Å². The number of rotatable bonds is 15. The van der Waals surface area contributed by atoms with Crippen LogP contribution in [0.4, 0.5) is 0 Å². The van der Waals surface area contributed by atoms with Gasteiger partial charge < -0.3 is 39.4 Å².